The Morgan fingerprint density at radius 3 is 2.62 bits per heavy atom. The number of hydrogen-bond acceptors (Lipinski definition) is 11. The first-order valence-corrected chi connectivity index (χ1v) is 14.6. The summed E-state index contributed by atoms with van der Waals surface area (Å²) in [5, 5.41) is -0.141. The summed E-state index contributed by atoms with van der Waals surface area (Å²) in [4.78, 5) is 34.9. The van der Waals surface area contributed by atoms with Crippen molar-refractivity contribution in [3.8, 4) is 5.75 Å². The summed E-state index contributed by atoms with van der Waals surface area (Å²) < 4.78 is 37.1. The first-order valence-electron chi connectivity index (χ1n) is 11.9. The maximum atomic E-state index is 13.5. The number of methoxy groups -OCH3 is 1. The third kappa shape index (κ3) is 8.01. The van der Waals surface area contributed by atoms with E-state index in [0.717, 1.165) is 17.3 Å². The Kier molecular flexibility index (Phi) is 9.90. The molecule has 0 aliphatic carbocycles. The smallest absolute Gasteiger partial charge is 0.356 e. The van der Waals surface area contributed by atoms with Crippen molar-refractivity contribution in [3.05, 3.63) is 82.4 Å². The van der Waals surface area contributed by atoms with E-state index < -0.39 is 13.2 Å². The van der Waals surface area contributed by atoms with E-state index in [-0.39, 0.29) is 55.0 Å². The molecule has 39 heavy (non-hydrogen) atoms. The van der Waals surface area contributed by atoms with E-state index in [0.29, 0.717) is 17.0 Å². The minimum atomic E-state index is -3.68. The summed E-state index contributed by atoms with van der Waals surface area (Å²) in [6.07, 6.45) is 1.15. The average molecular weight is 574 g/mol. The zero-order chi connectivity index (χ0) is 27.7. The Labute approximate surface area is 228 Å². The molecule has 2 aromatic carbocycles. The minimum Gasteiger partial charge on any atom is -0.497 e. The number of nitrogen functional groups attached to an aromatic ring is 1. The number of fused-ring (bicyclic) bond motifs is 1. The van der Waals surface area contributed by atoms with E-state index in [1.54, 1.807) is 35.9 Å². The molecule has 0 saturated carbocycles. The summed E-state index contributed by atoms with van der Waals surface area (Å²) in [5.41, 5.74) is 7.02. The van der Waals surface area contributed by atoms with Crippen LogP contribution < -0.4 is 16.0 Å². The molecule has 0 spiro atoms. The van der Waals surface area contributed by atoms with Crippen LogP contribution in [-0.4, -0.2) is 57.1 Å². The first-order chi connectivity index (χ1) is 18.9. The van der Waals surface area contributed by atoms with Gasteiger partial charge in [-0.05, 0) is 29.8 Å². The predicted molar refractivity (Wildman–Crippen MR) is 148 cm³/mol. The first kappa shape index (κ1) is 28.5. The number of anilines is 1. The van der Waals surface area contributed by atoms with Crippen molar-refractivity contribution in [1.82, 2.24) is 19.5 Å². The number of ether oxygens (including phenoxy) is 2. The summed E-state index contributed by atoms with van der Waals surface area (Å²) in [6, 6.07) is 16.0. The van der Waals surface area contributed by atoms with Gasteiger partial charge in [0.15, 0.2) is 11.2 Å². The molecule has 2 heterocycles. The molecule has 0 fully saturated rings. The number of aromatic nitrogens is 4. The SMILES string of the molecule is COc1ccc(C(=O)SCCOP(=O)(COCCn2cnc3c(=O)[nH]c(N)nc32)OCc2ccccc2)cc1. The van der Waals surface area contributed by atoms with E-state index in [9.17, 15) is 14.2 Å². The van der Waals surface area contributed by atoms with Crippen molar-refractivity contribution in [1.29, 1.82) is 0 Å². The van der Waals surface area contributed by atoms with Gasteiger partial charge in [-0.3, -0.25) is 19.1 Å². The lowest BCUT2D eigenvalue weighted by Gasteiger charge is -2.19. The zero-order valence-corrected chi connectivity index (χ0v) is 22.9. The Bertz CT molecular complexity index is 1490. The molecule has 4 rings (SSSR count). The molecule has 2 aromatic heterocycles. The van der Waals surface area contributed by atoms with Crippen LogP contribution in [0.4, 0.5) is 5.95 Å². The van der Waals surface area contributed by atoms with Crippen molar-refractivity contribution >= 4 is 41.6 Å². The fraction of sp³-hybridized carbons (Fsp3) is 0.280. The number of nitrogens with one attached hydrogen (secondary N) is 1. The number of hydrogen-bond donors (Lipinski definition) is 2. The molecule has 1 unspecified atom stereocenters. The van der Waals surface area contributed by atoms with Gasteiger partial charge in [-0.1, -0.05) is 42.1 Å². The van der Waals surface area contributed by atoms with Crippen LogP contribution in [0.5, 0.6) is 5.75 Å². The summed E-state index contributed by atoms with van der Waals surface area (Å²) in [6.45, 7) is 0.474. The number of carbonyl (C=O) groups is 1. The van der Waals surface area contributed by atoms with E-state index in [1.165, 1.54) is 6.33 Å². The molecule has 0 aliphatic rings. The fourth-order valence-electron chi connectivity index (χ4n) is 3.45. The van der Waals surface area contributed by atoms with E-state index >= 15 is 0 Å². The normalized spacial score (nSPS) is 12.8. The summed E-state index contributed by atoms with van der Waals surface area (Å²) in [7, 11) is -2.12. The predicted octanol–water partition coefficient (Wildman–Crippen LogP) is 3.68. The van der Waals surface area contributed by atoms with Gasteiger partial charge in [-0.15, -0.1) is 0 Å². The Morgan fingerprint density at radius 2 is 1.87 bits per heavy atom. The molecule has 14 heteroatoms. The van der Waals surface area contributed by atoms with E-state index in [1.807, 2.05) is 30.3 Å². The van der Waals surface area contributed by atoms with Gasteiger partial charge in [0.25, 0.3) is 5.56 Å². The Hall–Kier alpha value is -3.48. The summed E-state index contributed by atoms with van der Waals surface area (Å²) in [5.74, 6) is 0.907. The van der Waals surface area contributed by atoms with Crippen LogP contribution in [0.3, 0.4) is 0 Å². The number of rotatable bonds is 14. The maximum Gasteiger partial charge on any atom is 0.356 e. The Morgan fingerprint density at radius 1 is 1.10 bits per heavy atom. The molecule has 0 bridgehead atoms. The van der Waals surface area contributed by atoms with Gasteiger partial charge in [-0.2, -0.15) is 4.98 Å². The summed E-state index contributed by atoms with van der Waals surface area (Å²) >= 11 is 1.05. The number of carbonyl (C=O) groups excluding carboxylic acids is 1. The molecule has 4 aromatic rings. The van der Waals surface area contributed by atoms with Gasteiger partial charge in [-0.25, -0.2) is 4.98 Å². The fourth-order valence-corrected chi connectivity index (χ4v) is 5.52. The topological polar surface area (TPSA) is 161 Å². The largest absolute Gasteiger partial charge is 0.497 e. The number of thioether (sulfide) groups is 1. The number of aromatic amines is 1. The van der Waals surface area contributed by atoms with Crippen LogP contribution in [-0.2, 0) is 31.5 Å². The van der Waals surface area contributed by atoms with Crippen molar-refractivity contribution in [2.75, 3.05) is 38.2 Å². The molecule has 0 radical (unpaired) electrons. The highest BCUT2D eigenvalue weighted by Crippen LogP contribution is 2.49. The van der Waals surface area contributed by atoms with Crippen LogP contribution in [0.15, 0.2) is 65.7 Å². The maximum absolute atomic E-state index is 13.5. The number of H-pyrrole nitrogens is 1. The van der Waals surface area contributed by atoms with Crippen molar-refractivity contribution in [2.45, 2.75) is 13.2 Å². The molecular formula is C25H28N5O7PS. The van der Waals surface area contributed by atoms with E-state index in [4.69, 9.17) is 24.3 Å². The van der Waals surface area contributed by atoms with Gasteiger partial charge in [0.1, 0.15) is 12.1 Å². The van der Waals surface area contributed by atoms with Crippen LogP contribution in [0.2, 0.25) is 0 Å². The highest BCUT2D eigenvalue weighted by atomic mass is 32.2. The van der Waals surface area contributed by atoms with Crippen LogP contribution >= 0.6 is 19.4 Å². The lowest BCUT2D eigenvalue weighted by molar-refractivity contribution is 0.108. The van der Waals surface area contributed by atoms with Crippen LogP contribution in [0, 0.1) is 0 Å². The molecule has 206 valence electrons. The molecular weight excluding hydrogens is 545 g/mol. The number of benzene rings is 2. The minimum absolute atomic E-state index is 0.0140. The Balaban J connectivity index is 1.31. The average Bonchev–Trinajstić information content (AvgIpc) is 3.36. The van der Waals surface area contributed by atoms with Gasteiger partial charge in [0.05, 0.1) is 33.3 Å². The van der Waals surface area contributed by atoms with Crippen LogP contribution in [0.1, 0.15) is 15.9 Å². The van der Waals surface area contributed by atoms with Gasteiger partial charge in [0, 0.05) is 17.9 Å². The standard InChI is InChI=1S/C25H28N5O7PS/c1-34-20-9-7-19(8-10-20)24(32)39-14-13-36-38(33,37-15-18-5-3-2-4-6-18)17-35-12-11-30-16-27-21-22(30)28-25(26)29-23(21)31/h2-10,16H,11-15,17H2,1H3,(H3,26,28,29,31). The second kappa shape index (κ2) is 13.5. The van der Waals surface area contributed by atoms with Crippen molar-refractivity contribution in [3.63, 3.8) is 0 Å². The molecule has 0 aliphatic heterocycles. The lowest BCUT2D eigenvalue weighted by Crippen LogP contribution is -2.13. The van der Waals surface area contributed by atoms with E-state index in [2.05, 4.69) is 15.0 Å². The van der Waals surface area contributed by atoms with Gasteiger partial charge in [0.2, 0.25) is 11.1 Å². The molecule has 0 amide bonds. The van der Waals surface area contributed by atoms with Crippen LogP contribution in [0.25, 0.3) is 11.2 Å². The molecule has 3 N–H and O–H groups in total. The van der Waals surface area contributed by atoms with Gasteiger partial charge < -0.3 is 28.8 Å². The zero-order valence-electron chi connectivity index (χ0n) is 21.1. The number of nitrogens with two attached hydrogens (primary N) is 1. The highest BCUT2D eigenvalue weighted by molar-refractivity contribution is 8.14. The van der Waals surface area contributed by atoms with Crippen molar-refractivity contribution < 1.29 is 27.9 Å². The number of nitrogens with zero attached hydrogens (tertiary/aromatic N) is 3. The van der Waals surface area contributed by atoms with Crippen molar-refractivity contribution in [2.24, 2.45) is 0 Å². The quantitative estimate of drug-likeness (QED) is 0.167. The molecule has 0 saturated heterocycles. The lowest BCUT2D eigenvalue weighted by atomic mass is 10.2. The van der Waals surface area contributed by atoms with Gasteiger partial charge >= 0.3 is 7.60 Å². The monoisotopic (exact) mass is 573 g/mol. The highest BCUT2D eigenvalue weighted by Gasteiger charge is 2.26. The second-order valence-corrected chi connectivity index (χ2v) is 11.2. The third-order valence-corrected chi connectivity index (χ3v) is 7.89. The second-order valence-electron chi connectivity index (χ2n) is 8.17. The molecule has 12 nitrogen and oxygen atoms in total. The third-order valence-electron chi connectivity index (χ3n) is 5.42. The molecule has 1 atom stereocenters. The number of imidazole rings is 1.